The number of rotatable bonds is 5. The lowest BCUT2D eigenvalue weighted by atomic mass is 10.2. The molecule has 1 N–H and O–H groups in total. The molecule has 6 nitrogen and oxygen atoms in total. The summed E-state index contributed by atoms with van der Waals surface area (Å²) in [6, 6.07) is 0. The minimum atomic E-state index is -0.844. The molecule has 1 amide bonds. The van der Waals surface area contributed by atoms with E-state index < -0.39 is 5.97 Å². The van der Waals surface area contributed by atoms with E-state index in [0.29, 0.717) is 18.5 Å². The Bertz CT molecular complexity index is 426. The molecule has 17 heavy (non-hydrogen) atoms. The molecular weight excluding hydrogens is 222 g/mol. The fourth-order valence-electron chi connectivity index (χ4n) is 1.48. The van der Waals surface area contributed by atoms with E-state index in [1.165, 1.54) is 11.1 Å². The molecule has 0 radical (unpaired) electrons. The Labute approximate surface area is 99.8 Å². The maximum atomic E-state index is 12.0. The van der Waals surface area contributed by atoms with Crippen molar-refractivity contribution in [2.75, 3.05) is 13.6 Å². The molecule has 0 aromatic carbocycles. The first-order valence-electron chi connectivity index (χ1n) is 5.39. The van der Waals surface area contributed by atoms with Crippen LogP contribution in [0.3, 0.4) is 0 Å². The SMILES string of the molecule is Cc1c(C(=O)N(C)CCCC(=O)O)cnn1C. The summed E-state index contributed by atoms with van der Waals surface area (Å²) in [6.45, 7) is 2.25. The first kappa shape index (κ1) is 13.2. The van der Waals surface area contributed by atoms with Crippen LogP contribution in [0.1, 0.15) is 28.9 Å². The topological polar surface area (TPSA) is 75.4 Å². The zero-order valence-electron chi connectivity index (χ0n) is 10.3. The van der Waals surface area contributed by atoms with Gasteiger partial charge in [0.1, 0.15) is 0 Å². The highest BCUT2D eigenvalue weighted by atomic mass is 16.4. The van der Waals surface area contributed by atoms with Gasteiger partial charge in [-0.15, -0.1) is 0 Å². The highest BCUT2D eigenvalue weighted by Crippen LogP contribution is 2.09. The molecule has 0 aliphatic heterocycles. The van der Waals surface area contributed by atoms with Gasteiger partial charge in [-0.25, -0.2) is 0 Å². The molecule has 0 aliphatic carbocycles. The molecule has 0 aliphatic rings. The van der Waals surface area contributed by atoms with Crippen molar-refractivity contribution in [3.63, 3.8) is 0 Å². The van der Waals surface area contributed by atoms with E-state index in [1.807, 2.05) is 6.92 Å². The van der Waals surface area contributed by atoms with E-state index in [9.17, 15) is 9.59 Å². The first-order valence-corrected chi connectivity index (χ1v) is 5.39. The minimum absolute atomic E-state index is 0.0731. The summed E-state index contributed by atoms with van der Waals surface area (Å²) < 4.78 is 1.64. The number of aryl methyl sites for hydroxylation is 1. The Morgan fingerprint density at radius 1 is 1.53 bits per heavy atom. The summed E-state index contributed by atoms with van der Waals surface area (Å²) in [7, 11) is 3.44. The smallest absolute Gasteiger partial charge is 0.303 e. The average Bonchev–Trinajstić information content (AvgIpc) is 2.58. The Hall–Kier alpha value is -1.85. The third-order valence-corrected chi connectivity index (χ3v) is 2.70. The average molecular weight is 239 g/mol. The van der Waals surface area contributed by atoms with Gasteiger partial charge in [-0.3, -0.25) is 14.3 Å². The minimum Gasteiger partial charge on any atom is -0.481 e. The standard InChI is InChI=1S/C11H17N3O3/c1-8-9(7-12-14(8)3)11(17)13(2)6-4-5-10(15)16/h7H,4-6H2,1-3H3,(H,15,16). The number of amides is 1. The van der Waals surface area contributed by atoms with Gasteiger partial charge in [0, 0.05) is 32.8 Å². The molecule has 1 aromatic heterocycles. The molecule has 0 atom stereocenters. The molecule has 94 valence electrons. The summed E-state index contributed by atoms with van der Waals surface area (Å²) >= 11 is 0. The van der Waals surface area contributed by atoms with Gasteiger partial charge >= 0.3 is 5.97 Å². The fraction of sp³-hybridized carbons (Fsp3) is 0.545. The van der Waals surface area contributed by atoms with Crippen LogP contribution in [0.5, 0.6) is 0 Å². The van der Waals surface area contributed by atoms with Gasteiger partial charge in [-0.2, -0.15) is 5.10 Å². The van der Waals surface area contributed by atoms with Crippen molar-refractivity contribution in [1.82, 2.24) is 14.7 Å². The molecule has 0 unspecified atom stereocenters. The summed E-state index contributed by atoms with van der Waals surface area (Å²) in [4.78, 5) is 23.9. The Morgan fingerprint density at radius 3 is 2.65 bits per heavy atom. The van der Waals surface area contributed by atoms with Crippen molar-refractivity contribution in [3.8, 4) is 0 Å². The van der Waals surface area contributed by atoms with Crippen LogP contribution in [-0.2, 0) is 11.8 Å². The van der Waals surface area contributed by atoms with Crippen molar-refractivity contribution in [3.05, 3.63) is 17.5 Å². The molecule has 0 spiro atoms. The molecular formula is C11H17N3O3. The van der Waals surface area contributed by atoms with Crippen LogP contribution in [-0.4, -0.2) is 45.3 Å². The largest absolute Gasteiger partial charge is 0.481 e. The number of hydrogen-bond donors (Lipinski definition) is 1. The zero-order chi connectivity index (χ0) is 13.0. The Morgan fingerprint density at radius 2 is 2.18 bits per heavy atom. The molecule has 0 bridgehead atoms. The van der Waals surface area contributed by atoms with E-state index in [2.05, 4.69) is 5.10 Å². The quantitative estimate of drug-likeness (QED) is 0.819. The van der Waals surface area contributed by atoms with Crippen molar-refractivity contribution in [2.24, 2.45) is 7.05 Å². The van der Waals surface area contributed by atoms with Gasteiger partial charge in [0.2, 0.25) is 0 Å². The summed E-state index contributed by atoms with van der Waals surface area (Å²) in [5.41, 5.74) is 1.37. The number of carbonyl (C=O) groups is 2. The fourth-order valence-corrected chi connectivity index (χ4v) is 1.48. The van der Waals surface area contributed by atoms with E-state index in [0.717, 1.165) is 5.69 Å². The Kier molecular flexibility index (Phi) is 4.25. The second kappa shape index (κ2) is 5.47. The second-order valence-corrected chi connectivity index (χ2v) is 3.99. The second-order valence-electron chi connectivity index (χ2n) is 3.99. The van der Waals surface area contributed by atoms with Crippen LogP contribution in [0.15, 0.2) is 6.20 Å². The number of carbonyl (C=O) groups excluding carboxylic acids is 1. The molecule has 1 aromatic rings. The number of aromatic nitrogens is 2. The van der Waals surface area contributed by atoms with Gasteiger partial charge in [-0.1, -0.05) is 0 Å². The lowest BCUT2D eigenvalue weighted by molar-refractivity contribution is -0.137. The van der Waals surface area contributed by atoms with Crippen LogP contribution < -0.4 is 0 Å². The normalized spacial score (nSPS) is 10.3. The van der Waals surface area contributed by atoms with Crippen LogP contribution >= 0.6 is 0 Å². The lowest BCUT2D eigenvalue weighted by Crippen LogP contribution is -2.28. The predicted octanol–water partition coefficient (Wildman–Crippen LogP) is 0.665. The van der Waals surface area contributed by atoms with Gasteiger partial charge in [0.05, 0.1) is 11.8 Å². The number of nitrogens with zero attached hydrogens (tertiary/aromatic N) is 3. The van der Waals surface area contributed by atoms with Gasteiger partial charge in [-0.05, 0) is 13.3 Å². The monoisotopic (exact) mass is 239 g/mol. The number of hydrogen-bond acceptors (Lipinski definition) is 3. The van der Waals surface area contributed by atoms with Crippen molar-refractivity contribution in [1.29, 1.82) is 0 Å². The van der Waals surface area contributed by atoms with Gasteiger partial charge in [0.25, 0.3) is 5.91 Å². The summed E-state index contributed by atoms with van der Waals surface area (Å²) in [6.07, 6.45) is 2.06. The van der Waals surface area contributed by atoms with Crippen LogP contribution in [0.2, 0.25) is 0 Å². The molecule has 1 rings (SSSR count). The molecule has 6 heteroatoms. The first-order chi connectivity index (χ1) is 7.93. The van der Waals surface area contributed by atoms with Crippen molar-refractivity contribution >= 4 is 11.9 Å². The van der Waals surface area contributed by atoms with Crippen LogP contribution in [0.25, 0.3) is 0 Å². The number of carboxylic acids is 1. The molecule has 0 fully saturated rings. The van der Waals surface area contributed by atoms with Crippen LogP contribution in [0, 0.1) is 6.92 Å². The van der Waals surface area contributed by atoms with E-state index in [-0.39, 0.29) is 12.3 Å². The van der Waals surface area contributed by atoms with E-state index >= 15 is 0 Å². The van der Waals surface area contributed by atoms with Crippen molar-refractivity contribution < 1.29 is 14.7 Å². The van der Waals surface area contributed by atoms with E-state index in [1.54, 1.807) is 18.8 Å². The summed E-state index contributed by atoms with van der Waals surface area (Å²) in [5.74, 6) is -0.968. The highest BCUT2D eigenvalue weighted by Gasteiger charge is 2.16. The van der Waals surface area contributed by atoms with Gasteiger partial charge in [0.15, 0.2) is 0 Å². The summed E-state index contributed by atoms with van der Waals surface area (Å²) in [5, 5.41) is 12.5. The lowest BCUT2D eigenvalue weighted by Gasteiger charge is -2.16. The maximum Gasteiger partial charge on any atom is 0.303 e. The number of aliphatic carboxylic acids is 1. The van der Waals surface area contributed by atoms with Crippen LogP contribution in [0.4, 0.5) is 0 Å². The predicted molar refractivity (Wildman–Crippen MR) is 61.8 cm³/mol. The molecule has 0 saturated carbocycles. The molecule has 0 saturated heterocycles. The molecule has 1 heterocycles. The maximum absolute atomic E-state index is 12.0. The number of carboxylic acid groups (broad SMARTS) is 1. The zero-order valence-corrected chi connectivity index (χ0v) is 10.3. The Balaban J connectivity index is 2.58. The third-order valence-electron chi connectivity index (χ3n) is 2.70. The van der Waals surface area contributed by atoms with E-state index in [4.69, 9.17) is 5.11 Å². The highest BCUT2D eigenvalue weighted by molar-refractivity contribution is 5.94. The van der Waals surface area contributed by atoms with Gasteiger partial charge < -0.3 is 10.0 Å². The van der Waals surface area contributed by atoms with Crippen molar-refractivity contribution in [2.45, 2.75) is 19.8 Å². The third kappa shape index (κ3) is 3.30.